The standard InChI is InChI=1S/C16H20N4O2/c1-3-20-10-14(12(2)18-20)16(21)19-8-9-22-15(11-19)13-4-6-17-7-5-13/h4-7,10,15H,3,8-9,11H2,1-2H3. The molecule has 6 heteroatoms. The summed E-state index contributed by atoms with van der Waals surface area (Å²) in [6.45, 7) is 6.35. The molecule has 22 heavy (non-hydrogen) atoms. The highest BCUT2D eigenvalue weighted by atomic mass is 16.5. The number of aryl methyl sites for hydroxylation is 2. The highest BCUT2D eigenvalue weighted by molar-refractivity contribution is 5.95. The largest absolute Gasteiger partial charge is 0.370 e. The number of nitrogens with zero attached hydrogens (tertiary/aromatic N) is 4. The Hall–Kier alpha value is -2.21. The summed E-state index contributed by atoms with van der Waals surface area (Å²) in [4.78, 5) is 18.6. The summed E-state index contributed by atoms with van der Waals surface area (Å²) in [5.74, 6) is 0.0274. The van der Waals surface area contributed by atoms with E-state index in [0.29, 0.717) is 25.3 Å². The van der Waals surface area contributed by atoms with Gasteiger partial charge < -0.3 is 9.64 Å². The zero-order valence-corrected chi connectivity index (χ0v) is 12.9. The van der Waals surface area contributed by atoms with Crippen molar-refractivity contribution in [2.75, 3.05) is 19.7 Å². The Morgan fingerprint density at radius 3 is 2.86 bits per heavy atom. The maximum atomic E-state index is 12.7. The van der Waals surface area contributed by atoms with E-state index in [2.05, 4.69) is 10.1 Å². The first-order chi connectivity index (χ1) is 10.7. The number of carbonyl (C=O) groups is 1. The van der Waals surface area contributed by atoms with E-state index in [0.717, 1.165) is 17.8 Å². The fourth-order valence-electron chi connectivity index (χ4n) is 2.67. The van der Waals surface area contributed by atoms with E-state index in [-0.39, 0.29) is 12.0 Å². The van der Waals surface area contributed by atoms with Crippen LogP contribution in [0.3, 0.4) is 0 Å². The van der Waals surface area contributed by atoms with Crippen molar-refractivity contribution < 1.29 is 9.53 Å². The lowest BCUT2D eigenvalue weighted by Gasteiger charge is -2.33. The molecule has 1 aliphatic heterocycles. The maximum absolute atomic E-state index is 12.7. The van der Waals surface area contributed by atoms with Gasteiger partial charge in [-0.2, -0.15) is 5.10 Å². The SMILES string of the molecule is CCn1cc(C(=O)N2CCOC(c3ccncc3)C2)c(C)n1. The van der Waals surface area contributed by atoms with Crippen molar-refractivity contribution in [3.8, 4) is 0 Å². The van der Waals surface area contributed by atoms with Gasteiger partial charge in [0.2, 0.25) is 0 Å². The van der Waals surface area contributed by atoms with E-state index in [1.165, 1.54) is 0 Å². The van der Waals surface area contributed by atoms with Crippen LogP contribution in [-0.4, -0.2) is 45.3 Å². The van der Waals surface area contributed by atoms with Crippen molar-refractivity contribution in [1.82, 2.24) is 19.7 Å². The lowest BCUT2D eigenvalue weighted by Crippen LogP contribution is -2.42. The van der Waals surface area contributed by atoms with Crippen LogP contribution in [0.4, 0.5) is 0 Å². The summed E-state index contributed by atoms with van der Waals surface area (Å²) in [5.41, 5.74) is 2.50. The average molecular weight is 300 g/mol. The second-order valence-electron chi connectivity index (χ2n) is 5.38. The summed E-state index contributed by atoms with van der Waals surface area (Å²) in [6, 6.07) is 3.86. The van der Waals surface area contributed by atoms with Crippen LogP contribution in [0.5, 0.6) is 0 Å². The summed E-state index contributed by atoms with van der Waals surface area (Å²) in [6.07, 6.45) is 5.22. The number of aromatic nitrogens is 3. The van der Waals surface area contributed by atoms with Gasteiger partial charge in [-0.05, 0) is 31.5 Å². The summed E-state index contributed by atoms with van der Waals surface area (Å²) in [5, 5.41) is 4.35. The fourth-order valence-corrected chi connectivity index (χ4v) is 2.67. The average Bonchev–Trinajstić information content (AvgIpc) is 2.96. The molecule has 0 aromatic carbocycles. The number of morpholine rings is 1. The van der Waals surface area contributed by atoms with E-state index in [1.807, 2.05) is 37.1 Å². The number of carbonyl (C=O) groups excluding carboxylic acids is 1. The van der Waals surface area contributed by atoms with Gasteiger partial charge in [0, 0.05) is 31.7 Å². The molecular weight excluding hydrogens is 280 g/mol. The summed E-state index contributed by atoms with van der Waals surface area (Å²) < 4.78 is 7.59. The summed E-state index contributed by atoms with van der Waals surface area (Å²) >= 11 is 0. The van der Waals surface area contributed by atoms with Crippen LogP contribution in [-0.2, 0) is 11.3 Å². The van der Waals surface area contributed by atoms with Crippen LogP contribution in [0.2, 0.25) is 0 Å². The van der Waals surface area contributed by atoms with Crippen LogP contribution in [0.15, 0.2) is 30.7 Å². The molecule has 3 heterocycles. The van der Waals surface area contributed by atoms with Gasteiger partial charge in [0.25, 0.3) is 5.91 Å². The van der Waals surface area contributed by atoms with E-state index < -0.39 is 0 Å². The van der Waals surface area contributed by atoms with E-state index in [1.54, 1.807) is 17.1 Å². The fraction of sp³-hybridized carbons (Fsp3) is 0.438. The number of hydrogen-bond donors (Lipinski definition) is 0. The minimum absolute atomic E-state index is 0.0274. The molecule has 1 saturated heterocycles. The highest BCUT2D eigenvalue weighted by Crippen LogP contribution is 2.23. The lowest BCUT2D eigenvalue weighted by atomic mass is 10.1. The van der Waals surface area contributed by atoms with Crippen molar-refractivity contribution >= 4 is 5.91 Å². The molecule has 1 atom stereocenters. The number of rotatable bonds is 3. The normalized spacial score (nSPS) is 18.5. The lowest BCUT2D eigenvalue weighted by molar-refractivity contribution is -0.0228. The minimum Gasteiger partial charge on any atom is -0.370 e. The molecule has 116 valence electrons. The maximum Gasteiger partial charge on any atom is 0.257 e. The second-order valence-corrected chi connectivity index (χ2v) is 5.38. The Morgan fingerprint density at radius 1 is 1.41 bits per heavy atom. The molecule has 3 rings (SSSR count). The molecule has 2 aromatic rings. The zero-order chi connectivity index (χ0) is 15.5. The van der Waals surface area contributed by atoms with Gasteiger partial charge in [-0.25, -0.2) is 0 Å². The second kappa shape index (κ2) is 6.27. The quantitative estimate of drug-likeness (QED) is 0.867. The predicted octanol–water partition coefficient (Wildman–Crippen LogP) is 1.82. The van der Waals surface area contributed by atoms with Crippen molar-refractivity contribution in [2.45, 2.75) is 26.5 Å². The van der Waals surface area contributed by atoms with Crippen LogP contribution in [0.1, 0.15) is 34.6 Å². The Kier molecular flexibility index (Phi) is 4.20. The molecule has 1 amide bonds. The third kappa shape index (κ3) is 2.87. The molecule has 0 bridgehead atoms. The van der Waals surface area contributed by atoms with Gasteiger partial charge in [0.1, 0.15) is 6.10 Å². The van der Waals surface area contributed by atoms with E-state index >= 15 is 0 Å². The molecule has 2 aromatic heterocycles. The van der Waals surface area contributed by atoms with E-state index in [9.17, 15) is 4.79 Å². The molecule has 1 aliphatic rings. The molecule has 0 radical (unpaired) electrons. The van der Waals surface area contributed by atoms with Gasteiger partial charge in [0.05, 0.1) is 24.4 Å². The van der Waals surface area contributed by atoms with Gasteiger partial charge in [-0.1, -0.05) is 0 Å². The van der Waals surface area contributed by atoms with Crippen LogP contribution in [0.25, 0.3) is 0 Å². The third-order valence-corrected chi connectivity index (χ3v) is 3.93. The predicted molar refractivity (Wildman–Crippen MR) is 81.5 cm³/mol. The summed E-state index contributed by atoms with van der Waals surface area (Å²) in [7, 11) is 0. The number of amides is 1. The van der Waals surface area contributed by atoms with Gasteiger partial charge in [-0.15, -0.1) is 0 Å². The Labute approximate surface area is 129 Å². The van der Waals surface area contributed by atoms with Crippen molar-refractivity contribution in [3.63, 3.8) is 0 Å². The van der Waals surface area contributed by atoms with Gasteiger partial charge >= 0.3 is 0 Å². The van der Waals surface area contributed by atoms with E-state index in [4.69, 9.17) is 4.74 Å². The first-order valence-corrected chi connectivity index (χ1v) is 7.54. The van der Waals surface area contributed by atoms with Gasteiger partial charge in [-0.3, -0.25) is 14.5 Å². The minimum atomic E-state index is -0.0952. The van der Waals surface area contributed by atoms with Crippen LogP contribution < -0.4 is 0 Å². The molecule has 6 nitrogen and oxygen atoms in total. The number of ether oxygens (including phenoxy) is 1. The third-order valence-electron chi connectivity index (χ3n) is 3.93. The topological polar surface area (TPSA) is 60.2 Å². The molecule has 0 N–H and O–H groups in total. The van der Waals surface area contributed by atoms with Crippen molar-refractivity contribution in [2.24, 2.45) is 0 Å². The highest BCUT2D eigenvalue weighted by Gasteiger charge is 2.27. The first kappa shape index (κ1) is 14.7. The zero-order valence-electron chi connectivity index (χ0n) is 12.9. The number of pyridine rings is 1. The van der Waals surface area contributed by atoms with Gasteiger partial charge in [0.15, 0.2) is 0 Å². The molecule has 1 fully saturated rings. The van der Waals surface area contributed by atoms with Crippen LogP contribution in [0, 0.1) is 6.92 Å². The molecule has 0 spiro atoms. The monoisotopic (exact) mass is 300 g/mol. The molecule has 1 unspecified atom stereocenters. The Bertz CT molecular complexity index is 653. The smallest absolute Gasteiger partial charge is 0.257 e. The van der Waals surface area contributed by atoms with Crippen molar-refractivity contribution in [3.05, 3.63) is 47.5 Å². The first-order valence-electron chi connectivity index (χ1n) is 7.54. The molecule has 0 saturated carbocycles. The molecule has 0 aliphatic carbocycles. The Morgan fingerprint density at radius 2 is 2.18 bits per heavy atom. The Balaban J connectivity index is 1.76. The van der Waals surface area contributed by atoms with Crippen molar-refractivity contribution in [1.29, 1.82) is 0 Å². The van der Waals surface area contributed by atoms with Crippen LogP contribution >= 0.6 is 0 Å². The molecular formula is C16H20N4O2. The number of hydrogen-bond acceptors (Lipinski definition) is 4.